The molecule has 3 amide bonds. The van der Waals surface area contributed by atoms with Crippen molar-refractivity contribution in [3.05, 3.63) is 82.7 Å². The molecule has 3 heterocycles. The van der Waals surface area contributed by atoms with Gasteiger partial charge < -0.3 is 40.2 Å². The van der Waals surface area contributed by atoms with Crippen LogP contribution in [0.25, 0.3) is 11.4 Å². The summed E-state index contributed by atoms with van der Waals surface area (Å²) in [5, 5.41) is 16.5. The van der Waals surface area contributed by atoms with Crippen LogP contribution in [0.15, 0.2) is 59.3 Å². The number of aromatic nitrogens is 3. The Morgan fingerprint density at radius 2 is 1.77 bits per heavy atom. The molecule has 1 aliphatic carbocycles. The molecule has 4 N–H and O–H groups in total. The van der Waals surface area contributed by atoms with Crippen molar-refractivity contribution in [2.24, 2.45) is 0 Å². The van der Waals surface area contributed by atoms with Crippen molar-refractivity contribution in [1.82, 2.24) is 36.0 Å². The number of likely N-dealkylation sites (tertiary alicyclic amines) is 1. The maximum absolute atomic E-state index is 13.9. The Balaban J connectivity index is 1.21. The van der Waals surface area contributed by atoms with Gasteiger partial charge >= 0.3 is 6.09 Å². The van der Waals surface area contributed by atoms with E-state index in [1.165, 1.54) is 0 Å². The van der Waals surface area contributed by atoms with E-state index in [9.17, 15) is 14.4 Å². The van der Waals surface area contributed by atoms with E-state index in [0.717, 1.165) is 37.1 Å². The normalized spacial score (nSPS) is 16.1. The predicted octanol–water partition coefficient (Wildman–Crippen LogP) is 5.54. The lowest BCUT2D eigenvalue weighted by Crippen LogP contribution is -2.43. The number of amides is 3. The molecule has 1 aliphatic heterocycles. The molecule has 53 heavy (non-hydrogen) atoms. The smallest absolute Gasteiger partial charge is 0.407 e. The third-order valence-electron chi connectivity index (χ3n) is 9.48. The molecule has 2 aliphatic rings. The standard InChI is InChI=1S/C39H48N8O6/c1-38(2,3)52-37(50)41-22-29(23-11-9-8-10-12-23)43-35(49)33-26-20-39(4,5)27-21-40-36(45-32(27)31(26)46-53-33)44-28-14-13-24(19-30(28)51-7)34(48)42-25-15-17-47(6)18-16-25/h8-14,19,21,25,29H,15-18,20,22H2,1-7H3,(H,41,50)(H,42,48)(H,43,49)(H,40,44,45)/t29-/m1/s1. The van der Waals surface area contributed by atoms with Crippen molar-refractivity contribution in [1.29, 1.82) is 0 Å². The molecule has 0 radical (unpaired) electrons. The Morgan fingerprint density at radius 1 is 1.04 bits per heavy atom. The lowest BCUT2D eigenvalue weighted by atomic mass is 9.74. The molecule has 14 heteroatoms. The van der Waals surface area contributed by atoms with Crippen LogP contribution < -0.4 is 26.0 Å². The first kappa shape index (κ1) is 37.3. The molecular weight excluding hydrogens is 676 g/mol. The van der Waals surface area contributed by atoms with Crippen LogP contribution in [0.1, 0.15) is 91.1 Å². The highest BCUT2D eigenvalue weighted by Crippen LogP contribution is 2.43. The Bertz CT molecular complexity index is 1960. The maximum Gasteiger partial charge on any atom is 0.407 e. The molecule has 1 fully saturated rings. The van der Waals surface area contributed by atoms with Gasteiger partial charge in [0.2, 0.25) is 11.7 Å². The molecule has 0 bridgehead atoms. The molecule has 1 saturated heterocycles. The van der Waals surface area contributed by atoms with Crippen molar-refractivity contribution in [2.45, 2.75) is 77.0 Å². The molecule has 4 aromatic rings. The monoisotopic (exact) mass is 724 g/mol. The second kappa shape index (κ2) is 15.2. The molecule has 6 rings (SSSR count). The fourth-order valence-electron chi connectivity index (χ4n) is 6.63. The van der Waals surface area contributed by atoms with Crippen LogP contribution in [0.4, 0.5) is 16.4 Å². The minimum Gasteiger partial charge on any atom is -0.495 e. The molecule has 2 aromatic carbocycles. The van der Waals surface area contributed by atoms with Gasteiger partial charge in [0.05, 0.1) is 18.8 Å². The zero-order chi connectivity index (χ0) is 37.9. The van der Waals surface area contributed by atoms with E-state index in [4.69, 9.17) is 19.0 Å². The Kier molecular flexibility index (Phi) is 10.7. The van der Waals surface area contributed by atoms with Gasteiger partial charge in [-0.15, -0.1) is 0 Å². The third kappa shape index (κ3) is 8.76. The summed E-state index contributed by atoms with van der Waals surface area (Å²) in [6.45, 7) is 11.4. The van der Waals surface area contributed by atoms with Gasteiger partial charge in [0.15, 0.2) is 0 Å². The fraction of sp³-hybridized carbons (Fsp3) is 0.436. The van der Waals surface area contributed by atoms with Gasteiger partial charge in [0, 0.05) is 35.5 Å². The molecule has 0 spiro atoms. The first-order valence-electron chi connectivity index (χ1n) is 17.8. The average molecular weight is 725 g/mol. The largest absolute Gasteiger partial charge is 0.495 e. The van der Waals surface area contributed by atoms with Gasteiger partial charge in [-0.3, -0.25) is 9.59 Å². The van der Waals surface area contributed by atoms with Crippen molar-refractivity contribution in [3.63, 3.8) is 0 Å². The summed E-state index contributed by atoms with van der Waals surface area (Å²) in [6.07, 6.45) is 3.44. The number of piperidine rings is 1. The fourth-order valence-corrected chi connectivity index (χ4v) is 6.63. The van der Waals surface area contributed by atoms with Gasteiger partial charge in [-0.25, -0.2) is 14.8 Å². The number of hydrogen-bond acceptors (Lipinski definition) is 11. The van der Waals surface area contributed by atoms with E-state index in [1.807, 2.05) is 30.3 Å². The van der Waals surface area contributed by atoms with Gasteiger partial charge in [0.1, 0.15) is 22.7 Å². The summed E-state index contributed by atoms with van der Waals surface area (Å²) >= 11 is 0. The third-order valence-corrected chi connectivity index (χ3v) is 9.48. The zero-order valence-electron chi connectivity index (χ0n) is 31.3. The van der Waals surface area contributed by atoms with E-state index in [0.29, 0.717) is 40.4 Å². The van der Waals surface area contributed by atoms with Gasteiger partial charge in [-0.05, 0) is 89.3 Å². The van der Waals surface area contributed by atoms with Crippen LogP contribution in [0.3, 0.4) is 0 Å². The predicted molar refractivity (Wildman–Crippen MR) is 199 cm³/mol. The van der Waals surface area contributed by atoms with Crippen LogP contribution in [0.5, 0.6) is 5.75 Å². The molecule has 14 nitrogen and oxygen atoms in total. The summed E-state index contributed by atoms with van der Waals surface area (Å²) in [7, 11) is 3.63. The van der Waals surface area contributed by atoms with E-state index >= 15 is 0 Å². The number of rotatable bonds is 10. The highest BCUT2D eigenvalue weighted by molar-refractivity contribution is 5.96. The van der Waals surface area contributed by atoms with Gasteiger partial charge in [0.25, 0.3) is 11.8 Å². The molecule has 1 atom stereocenters. The molecular formula is C39H48N8O6. The molecule has 0 unspecified atom stereocenters. The first-order valence-corrected chi connectivity index (χ1v) is 17.8. The highest BCUT2D eigenvalue weighted by Gasteiger charge is 2.39. The quantitative estimate of drug-likeness (QED) is 0.162. The summed E-state index contributed by atoms with van der Waals surface area (Å²) in [5.41, 5.74) is 3.19. The Hall–Kier alpha value is -5.50. The van der Waals surface area contributed by atoms with E-state index in [-0.39, 0.29) is 30.2 Å². The van der Waals surface area contributed by atoms with Crippen LogP contribution in [-0.4, -0.2) is 83.4 Å². The number of carbonyl (C=O) groups is 3. The number of nitrogens with one attached hydrogen (secondary N) is 4. The number of fused-ring (bicyclic) bond motifs is 3. The van der Waals surface area contributed by atoms with Gasteiger partial charge in [-0.1, -0.05) is 49.3 Å². The number of benzene rings is 2. The summed E-state index contributed by atoms with van der Waals surface area (Å²) in [4.78, 5) is 51.1. The number of nitrogens with zero attached hydrogens (tertiary/aromatic N) is 4. The number of hydrogen-bond donors (Lipinski definition) is 4. The topological polar surface area (TPSA) is 173 Å². The first-order chi connectivity index (χ1) is 25.2. The lowest BCUT2D eigenvalue weighted by molar-refractivity contribution is 0.0519. The molecule has 2 aromatic heterocycles. The van der Waals surface area contributed by atoms with E-state index in [1.54, 1.807) is 52.3 Å². The Morgan fingerprint density at radius 3 is 2.47 bits per heavy atom. The minimum atomic E-state index is -0.669. The van der Waals surface area contributed by atoms with Crippen molar-refractivity contribution in [2.75, 3.05) is 39.1 Å². The Labute approximate surface area is 309 Å². The number of carbonyl (C=O) groups excluding carboxylic acids is 3. The maximum atomic E-state index is 13.9. The summed E-state index contributed by atoms with van der Waals surface area (Å²) < 4.78 is 16.8. The highest BCUT2D eigenvalue weighted by atomic mass is 16.6. The van der Waals surface area contributed by atoms with Crippen molar-refractivity contribution < 1.29 is 28.4 Å². The van der Waals surface area contributed by atoms with Crippen molar-refractivity contribution in [3.8, 4) is 17.1 Å². The number of anilines is 2. The summed E-state index contributed by atoms with van der Waals surface area (Å²) in [6, 6.07) is 14.1. The number of alkyl carbamates (subject to hydrolysis) is 1. The van der Waals surface area contributed by atoms with Crippen LogP contribution in [-0.2, 0) is 16.6 Å². The molecule has 0 saturated carbocycles. The zero-order valence-corrected chi connectivity index (χ0v) is 31.3. The van der Waals surface area contributed by atoms with Crippen LogP contribution in [0, 0.1) is 0 Å². The van der Waals surface area contributed by atoms with Crippen LogP contribution in [0.2, 0.25) is 0 Å². The second-order valence-electron chi connectivity index (χ2n) is 15.3. The SMILES string of the molecule is COc1cc(C(=O)NC2CCN(C)CC2)ccc1Nc1ncc2c(n1)-c1noc(C(=O)N[C@H](CNC(=O)OC(C)(C)C)c3ccccc3)c1CC2(C)C. The average Bonchev–Trinajstić information content (AvgIpc) is 3.54. The number of methoxy groups -OCH3 is 1. The van der Waals surface area contributed by atoms with E-state index in [2.05, 4.69) is 57.2 Å². The van der Waals surface area contributed by atoms with Gasteiger partial charge in [-0.2, -0.15) is 0 Å². The van der Waals surface area contributed by atoms with E-state index < -0.39 is 29.1 Å². The number of ether oxygens (including phenoxy) is 2. The van der Waals surface area contributed by atoms with Crippen LogP contribution >= 0.6 is 0 Å². The summed E-state index contributed by atoms with van der Waals surface area (Å²) in [5.74, 6) is 0.179. The minimum absolute atomic E-state index is 0.0702. The van der Waals surface area contributed by atoms with Crippen molar-refractivity contribution >= 4 is 29.5 Å². The second-order valence-corrected chi connectivity index (χ2v) is 15.3. The molecule has 280 valence electrons. The lowest BCUT2D eigenvalue weighted by Gasteiger charge is -2.30.